The summed E-state index contributed by atoms with van der Waals surface area (Å²) in [4.78, 5) is 9.87. The number of carboxylic acids is 1. The van der Waals surface area contributed by atoms with E-state index in [4.69, 9.17) is 5.11 Å². The third kappa shape index (κ3) is 2.57. The molecule has 0 amide bonds. The first-order valence-electron chi connectivity index (χ1n) is 1.81. The topological polar surface area (TPSA) is 61.7 Å². The quantitative estimate of drug-likeness (QED) is 0.465. The maximum atomic E-state index is 9.87. The van der Waals surface area contributed by atoms with Crippen LogP contribution in [0.25, 0.3) is 0 Å². The highest BCUT2D eigenvalue weighted by atomic mass is 79.9. The first-order chi connectivity index (χ1) is 3.68. The molecule has 4 nitrogen and oxygen atoms in total. The van der Waals surface area contributed by atoms with Gasteiger partial charge in [0.25, 0.3) is 0 Å². The molecule has 0 atom stereocenters. The zero-order valence-electron chi connectivity index (χ0n) is 4.18. The van der Waals surface area contributed by atoms with Gasteiger partial charge in [0.2, 0.25) is 4.62 Å². The van der Waals surface area contributed by atoms with Crippen molar-refractivity contribution in [1.29, 1.82) is 0 Å². The van der Waals surface area contributed by atoms with Gasteiger partial charge in [0.1, 0.15) is 0 Å². The van der Waals surface area contributed by atoms with Crippen molar-refractivity contribution in [2.24, 2.45) is 5.10 Å². The van der Waals surface area contributed by atoms with Crippen LogP contribution in [-0.2, 0) is 4.79 Å². The van der Waals surface area contributed by atoms with Crippen LogP contribution in [0.3, 0.4) is 0 Å². The molecule has 46 valence electrons. The molecule has 0 aromatic carbocycles. The van der Waals surface area contributed by atoms with Crippen LogP contribution >= 0.6 is 15.9 Å². The number of rotatable bonds is 2. The van der Waals surface area contributed by atoms with Gasteiger partial charge in [0.05, 0.1) is 0 Å². The van der Waals surface area contributed by atoms with Crippen molar-refractivity contribution >= 4 is 26.5 Å². The van der Waals surface area contributed by atoms with Gasteiger partial charge in [-0.3, -0.25) is 0 Å². The fourth-order valence-corrected chi connectivity index (χ4v) is 0.323. The molecule has 0 aliphatic rings. The molecule has 0 aliphatic carbocycles. The van der Waals surface area contributed by atoms with E-state index in [1.54, 1.807) is 0 Å². The third-order valence-corrected chi connectivity index (χ3v) is 0.903. The van der Waals surface area contributed by atoms with E-state index in [0.29, 0.717) is 0 Å². The summed E-state index contributed by atoms with van der Waals surface area (Å²) >= 11 is 2.69. The molecule has 0 spiro atoms. The van der Waals surface area contributed by atoms with Gasteiger partial charge in [-0.15, -0.1) is 0 Å². The van der Waals surface area contributed by atoms with Crippen LogP contribution in [0.15, 0.2) is 5.10 Å². The van der Waals surface area contributed by atoms with Gasteiger partial charge in [0, 0.05) is 7.05 Å². The lowest BCUT2D eigenvalue weighted by atomic mass is 10.8. The number of hydrogen-bond acceptors (Lipinski definition) is 3. The molecule has 0 radical (unpaired) electrons. The van der Waals surface area contributed by atoms with Crippen molar-refractivity contribution in [2.75, 3.05) is 7.05 Å². The van der Waals surface area contributed by atoms with Gasteiger partial charge in [-0.1, -0.05) is 0 Å². The Bertz CT molecular complexity index is 122. The first-order valence-corrected chi connectivity index (χ1v) is 2.61. The Balaban J connectivity index is 3.80. The average molecular weight is 181 g/mol. The van der Waals surface area contributed by atoms with E-state index in [-0.39, 0.29) is 4.62 Å². The lowest BCUT2D eigenvalue weighted by molar-refractivity contribution is -0.129. The maximum absolute atomic E-state index is 9.87. The zero-order chi connectivity index (χ0) is 6.57. The van der Waals surface area contributed by atoms with Crippen LogP contribution in [0.1, 0.15) is 0 Å². The van der Waals surface area contributed by atoms with Crippen LogP contribution in [0.2, 0.25) is 0 Å². The van der Waals surface area contributed by atoms with Crippen molar-refractivity contribution in [3.8, 4) is 0 Å². The van der Waals surface area contributed by atoms with E-state index in [9.17, 15) is 4.79 Å². The lowest BCUT2D eigenvalue weighted by Crippen LogP contribution is -2.09. The summed E-state index contributed by atoms with van der Waals surface area (Å²) in [7, 11) is 1.52. The summed E-state index contributed by atoms with van der Waals surface area (Å²) in [5.74, 6) is -1.08. The summed E-state index contributed by atoms with van der Waals surface area (Å²) in [6.07, 6.45) is 0. The molecule has 2 N–H and O–H groups in total. The molecule has 0 saturated carbocycles. The average Bonchev–Trinajstić information content (AvgIpc) is 1.67. The zero-order valence-corrected chi connectivity index (χ0v) is 5.77. The van der Waals surface area contributed by atoms with Crippen molar-refractivity contribution < 1.29 is 9.90 Å². The Morgan fingerprint density at radius 3 is 2.50 bits per heavy atom. The van der Waals surface area contributed by atoms with E-state index in [0.717, 1.165) is 0 Å². The van der Waals surface area contributed by atoms with Crippen molar-refractivity contribution in [3.63, 3.8) is 0 Å². The molecule has 0 unspecified atom stereocenters. The van der Waals surface area contributed by atoms with Gasteiger partial charge >= 0.3 is 5.97 Å². The van der Waals surface area contributed by atoms with Gasteiger partial charge < -0.3 is 10.5 Å². The fraction of sp³-hybridized carbons (Fsp3) is 0.333. The molecule has 5 heteroatoms. The molecule has 0 saturated heterocycles. The second kappa shape index (κ2) is 3.43. The number of hydrogen-bond donors (Lipinski definition) is 2. The van der Waals surface area contributed by atoms with E-state index < -0.39 is 5.97 Å². The highest BCUT2D eigenvalue weighted by Crippen LogP contribution is 1.85. The Morgan fingerprint density at radius 2 is 2.38 bits per heavy atom. The summed E-state index contributed by atoms with van der Waals surface area (Å²) in [5, 5.41) is 11.4. The minimum atomic E-state index is -1.08. The van der Waals surface area contributed by atoms with E-state index in [1.165, 1.54) is 7.05 Å². The van der Waals surface area contributed by atoms with Crippen molar-refractivity contribution in [2.45, 2.75) is 0 Å². The molecule has 8 heavy (non-hydrogen) atoms. The molecule has 0 aliphatic heterocycles. The number of carboxylic acid groups (broad SMARTS) is 1. The van der Waals surface area contributed by atoms with Crippen LogP contribution in [0, 0.1) is 0 Å². The monoisotopic (exact) mass is 180 g/mol. The highest BCUT2D eigenvalue weighted by molar-refractivity contribution is 9.19. The third-order valence-electron chi connectivity index (χ3n) is 0.386. The number of hydrazone groups is 1. The highest BCUT2D eigenvalue weighted by Gasteiger charge is 2.00. The largest absolute Gasteiger partial charge is 0.476 e. The van der Waals surface area contributed by atoms with Gasteiger partial charge in [-0.2, -0.15) is 5.10 Å². The molecule has 0 bridgehead atoms. The normalized spacial score (nSPS) is 11.0. The van der Waals surface area contributed by atoms with Crippen molar-refractivity contribution in [1.82, 2.24) is 5.43 Å². The van der Waals surface area contributed by atoms with Gasteiger partial charge in [0.15, 0.2) is 0 Å². The summed E-state index contributed by atoms with van der Waals surface area (Å²) in [6, 6.07) is 0. The number of aliphatic carboxylic acids is 1. The van der Waals surface area contributed by atoms with E-state index in [1.807, 2.05) is 0 Å². The molecule has 0 heterocycles. The lowest BCUT2D eigenvalue weighted by Gasteiger charge is -1.86. The maximum Gasteiger partial charge on any atom is 0.363 e. The minimum Gasteiger partial charge on any atom is -0.476 e. The summed E-state index contributed by atoms with van der Waals surface area (Å²) in [6.45, 7) is 0. The molecular weight excluding hydrogens is 176 g/mol. The summed E-state index contributed by atoms with van der Waals surface area (Å²) < 4.78 is -0.125. The Hall–Kier alpha value is -0.580. The fourth-order valence-electron chi connectivity index (χ4n) is 0.146. The number of carbonyl (C=O) groups is 1. The Kier molecular flexibility index (Phi) is 3.18. The number of nitrogens with zero attached hydrogens (tertiary/aromatic N) is 1. The Morgan fingerprint density at radius 1 is 1.88 bits per heavy atom. The molecular formula is C3H5BrN2O2. The van der Waals surface area contributed by atoms with E-state index in [2.05, 4.69) is 26.5 Å². The molecule has 0 aromatic rings. The number of nitrogens with one attached hydrogen (secondary N) is 1. The van der Waals surface area contributed by atoms with Crippen LogP contribution in [0.5, 0.6) is 0 Å². The standard InChI is InChI=1S/C3H5BrN2O2/c1-5-6-2(4)3(7)8/h5H,1H3,(H,7,8). The molecule has 0 aromatic heterocycles. The minimum absolute atomic E-state index is 0.125. The van der Waals surface area contributed by atoms with Crippen LogP contribution in [0.4, 0.5) is 0 Å². The molecule has 0 fully saturated rings. The van der Waals surface area contributed by atoms with Crippen molar-refractivity contribution in [3.05, 3.63) is 0 Å². The number of halogens is 1. The second-order valence-electron chi connectivity index (χ2n) is 0.931. The first kappa shape index (κ1) is 7.42. The second-order valence-corrected chi connectivity index (χ2v) is 1.68. The van der Waals surface area contributed by atoms with E-state index >= 15 is 0 Å². The van der Waals surface area contributed by atoms with Gasteiger partial charge in [-0.25, -0.2) is 4.79 Å². The predicted molar refractivity (Wildman–Crippen MR) is 33.1 cm³/mol. The van der Waals surface area contributed by atoms with Gasteiger partial charge in [-0.05, 0) is 15.9 Å². The smallest absolute Gasteiger partial charge is 0.363 e. The molecule has 0 rings (SSSR count). The Labute approximate surface area is 54.7 Å². The summed E-state index contributed by atoms with van der Waals surface area (Å²) in [5.41, 5.74) is 2.31. The predicted octanol–water partition coefficient (Wildman–Crippen LogP) is -0.00120. The SMILES string of the molecule is CNN=C(Br)C(=O)O. The van der Waals surface area contributed by atoms with Crippen LogP contribution < -0.4 is 5.43 Å². The van der Waals surface area contributed by atoms with Crippen LogP contribution in [-0.4, -0.2) is 22.7 Å².